The second-order valence-corrected chi connectivity index (χ2v) is 4.24. The van der Waals surface area contributed by atoms with Gasteiger partial charge in [0, 0.05) is 17.8 Å². The molecule has 2 rings (SSSR count). The summed E-state index contributed by atoms with van der Waals surface area (Å²) in [5, 5.41) is 2.76. The predicted octanol–water partition coefficient (Wildman–Crippen LogP) is 3.65. The van der Waals surface area contributed by atoms with Crippen molar-refractivity contribution in [3.8, 4) is 5.82 Å². The summed E-state index contributed by atoms with van der Waals surface area (Å²) in [7, 11) is 0. The fourth-order valence-corrected chi connectivity index (χ4v) is 1.77. The molecule has 0 radical (unpaired) electrons. The predicted molar refractivity (Wildman–Crippen MR) is 96.1 cm³/mol. The summed E-state index contributed by atoms with van der Waals surface area (Å²) in [6, 6.07) is 9.56. The average Bonchev–Trinajstić information content (AvgIpc) is 3.11. The van der Waals surface area contributed by atoms with E-state index in [0.29, 0.717) is 18.0 Å². The minimum atomic E-state index is 0. The van der Waals surface area contributed by atoms with Crippen LogP contribution in [-0.4, -0.2) is 15.4 Å². The summed E-state index contributed by atoms with van der Waals surface area (Å²) in [5.74, 6) is 1.38. The van der Waals surface area contributed by atoms with E-state index >= 15 is 0 Å². The number of nitrogens with zero attached hydrogens (tertiary/aromatic N) is 3. The fourth-order valence-electron chi connectivity index (χ4n) is 1.77. The number of nitrogens with one attached hydrogen (secondary N) is 1. The van der Waals surface area contributed by atoms with Crippen molar-refractivity contribution in [2.45, 2.75) is 6.42 Å². The summed E-state index contributed by atoms with van der Waals surface area (Å²) in [4.78, 5) is 8.87. The molecule has 0 saturated carbocycles. The molecule has 24 heavy (non-hydrogen) atoms. The van der Waals surface area contributed by atoms with Gasteiger partial charge < -0.3 is 14.9 Å². The number of amidine groups is 1. The third-order valence-electron chi connectivity index (χ3n) is 2.66. The van der Waals surface area contributed by atoms with Gasteiger partial charge in [0.1, 0.15) is 0 Å². The van der Waals surface area contributed by atoms with Crippen LogP contribution in [0.15, 0.2) is 86.2 Å². The first-order chi connectivity index (χ1) is 11.2. The number of hydrogen-bond donors (Lipinski definition) is 1. The van der Waals surface area contributed by atoms with E-state index < -0.39 is 0 Å². The molecule has 126 valence electrons. The molecule has 0 unspecified atom stereocenters. The normalized spacial score (nSPS) is 9.75. The zero-order chi connectivity index (χ0) is 17.1. The van der Waals surface area contributed by atoms with Crippen molar-refractivity contribution in [1.82, 2.24) is 14.9 Å². The molecule has 0 aliphatic carbocycles. The van der Waals surface area contributed by atoms with Crippen molar-refractivity contribution >= 4 is 5.84 Å². The first-order valence-corrected chi connectivity index (χ1v) is 6.91. The molecule has 4 nitrogen and oxygen atoms in total. The summed E-state index contributed by atoms with van der Waals surface area (Å²) in [6.07, 6.45) is 9.64. The maximum absolute atomic E-state index is 4.56. The Hall–Kier alpha value is -2.45. The molecule has 0 saturated heterocycles. The Morgan fingerprint density at radius 1 is 1.38 bits per heavy atom. The van der Waals surface area contributed by atoms with Crippen LogP contribution in [0, 0.1) is 12.4 Å². The van der Waals surface area contributed by atoms with Crippen molar-refractivity contribution < 1.29 is 21.1 Å². The fraction of sp³-hybridized carbons (Fsp3) is 0.0526. The molecule has 0 bridgehead atoms. The second kappa shape index (κ2) is 12.0. The standard InChI is InChI=1S/C17H16N4.C2H4.Pt/c1-4-16(18-5-2)19-14(3)13-15-9-8-10-17(20-15)21-11-6-7-12-21;1-2;/h4,6-11H,1-3,13H2,(H,18,19);1-2H2;/q-2;;+2. The SMILES string of the molecule is C=C.C=[C-]NC(C=C)=NC(=C)Cc1cccc(-n2[c-]ccc2)n1.[Pt+2]. The van der Waals surface area contributed by atoms with Gasteiger partial charge in [-0.1, -0.05) is 24.9 Å². The maximum atomic E-state index is 4.56. The van der Waals surface area contributed by atoms with Gasteiger partial charge >= 0.3 is 21.1 Å². The topological polar surface area (TPSA) is 42.2 Å². The van der Waals surface area contributed by atoms with Crippen LogP contribution in [0.5, 0.6) is 0 Å². The molecule has 0 atom stereocenters. The molecule has 2 aromatic heterocycles. The van der Waals surface area contributed by atoms with E-state index in [1.165, 1.54) is 0 Å². The van der Waals surface area contributed by atoms with E-state index in [4.69, 9.17) is 0 Å². The van der Waals surface area contributed by atoms with Crippen LogP contribution in [-0.2, 0) is 27.5 Å². The first-order valence-electron chi connectivity index (χ1n) is 6.91. The summed E-state index contributed by atoms with van der Waals surface area (Å²) in [6.45, 7) is 17.1. The van der Waals surface area contributed by atoms with Crippen LogP contribution in [0.1, 0.15) is 5.69 Å². The Kier molecular flexibility index (Phi) is 10.8. The van der Waals surface area contributed by atoms with Gasteiger partial charge in [-0.25, -0.2) is 0 Å². The minimum absolute atomic E-state index is 0. The molecule has 0 aliphatic rings. The number of pyridine rings is 1. The van der Waals surface area contributed by atoms with E-state index in [-0.39, 0.29) is 21.1 Å². The Labute approximate surface area is 158 Å². The Bertz CT molecular complexity index is 687. The molecule has 0 spiro atoms. The number of hydrogen-bond acceptors (Lipinski definition) is 2. The number of aromatic nitrogens is 2. The van der Waals surface area contributed by atoms with E-state index in [2.05, 4.69) is 60.6 Å². The van der Waals surface area contributed by atoms with E-state index in [1.807, 2.05) is 41.1 Å². The number of aliphatic imine (C=N–C) groups is 1. The van der Waals surface area contributed by atoms with Gasteiger partial charge in [0.25, 0.3) is 0 Å². The Morgan fingerprint density at radius 3 is 2.71 bits per heavy atom. The zero-order valence-electron chi connectivity index (χ0n) is 13.4. The summed E-state index contributed by atoms with van der Waals surface area (Å²) >= 11 is 0. The number of rotatable bonds is 6. The van der Waals surface area contributed by atoms with Crippen LogP contribution in [0.4, 0.5) is 0 Å². The van der Waals surface area contributed by atoms with Gasteiger partial charge in [-0.2, -0.15) is 18.8 Å². The summed E-state index contributed by atoms with van der Waals surface area (Å²) < 4.78 is 1.83. The van der Waals surface area contributed by atoms with Gasteiger partial charge in [0.05, 0.1) is 5.82 Å². The van der Waals surface area contributed by atoms with Crippen LogP contribution in [0.25, 0.3) is 5.82 Å². The van der Waals surface area contributed by atoms with E-state index in [0.717, 1.165) is 11.5 Å². The van der Waals surface area contributed by atoms with E-state index in [9.17, 15) is 0 Å². The van der Waals surface area contributed by atoms with Gasteiger partial charge in [-0.15, -0.1) is 38.1 Å². The monoisotopic (exact) mass is 499 g/mol. The number of allylic oxidation sites excluding steroid dienone is 1. The van der Waals surface area contributed by atoms with Crippen LogP contribution in [0.3, 0.4) is 0 Å². The van der Waals surface area contributed by atoms with Gasteiger partial charge in [-0.05, 0) is 11.9 Å². The van der Waals surface area contributed by atoms with Crippen LogP contribution in [0.2, 0.25) is 0 Å². The van der Waals surface area contributed by atoms with Gasteiger partial charge in [0.2, 0.25) is 0 Å². The van der Waals surface area contributed by atoms with Crippen molar-refractivity contribution in [3.63, 3.8) is 0 Å². The third kappa shape index (κ3) is 6.76. The average molecular weight is 499 g/mol. The molecule has 0 aliphatic heterocycles. The first kappa shape index (κ1) is 21.5. The van der Waals surface area contributed by atoms with Crippen LogP contribution < -0.4 is 5.32 Å². The van der Waals surface area contributed by atoms with Crippen molar-refractivity contribution in [2.75, 3.05) is 0 Å². The zero-order valence-corrected chi connectivity index (χ0v) is 15.7. The second-order valence-electron chi connectivity index (χ2n) is 4.24. The van der Waals surface area contributed by atoms with E-state index in [1.54, 1.807) is 6.08 Å². The molecule has 0 amide bonds. The molecule has 2 heterocycles. The van der Waals surface area contributed by atoms with Crippen molar-refractivity contribution in [1.29, 1.82) is 0 Å². The quantitative estimate of drug-likeness (QED) is 0.217. The van der Waals surface area contributed by atoms with Gasteiger partial charge in [0.15, 0.2) is 0 Å². The molecule has 2 aromatic rings. The van der Waals surface area contributed by atoms with Crippen molar-refractivity contribution in [2.24, 2.45) is 4.99 Å². The molecular weight excluding hydrogens is 479 g/mol. The summed E-state index contributed by atoms with van der Waals surface area (Å²) in [5.41, 5.74) is 1.56. The largest absolute Gasteiger partial charge is 2.00 e. The molecule has 0 fully saturated rings. The Balaban J connectivity index is 0.00000170. The van der Waals surface area contributed by atoms with Gasteiger partial charge in [-0.3, -0.25) is 4.98 Å². The Morgan fingerprint density at radius 2 is 2.12 bits per heavy atom. The molecular formula is C19H20N4Pt. The molecule has 5 heteroatoms. The maximum Gasteiger partial charge on any atom is 2.00 e. The molecule has 1 N–H and O–H groups in total. The smallest absolute Gasteiger partial charge is 0.510 e. The minimum Gasteiger partial charge on any atom is -0.510 e. The van der Waals surface area contributed by atoms with Crippen LogP contribution >= 0.6 is 0 Å². The molecule has 0 aromatic carbocycles. The van der Waals surface area contributed by atoms with Crippen molar-refractivity contribution in [3.05, 3.63) is 99.3 Å². The third-order valence-corrected chi connectivity index (χ3v) is 2.66.